The van der Waals surface area contributed by atoms with Crippen LogP contribution in [0.5, 0.6) is 0 Å². The molecule has 0 atom stereocenters. The maximum Gasteiger partial charge on any atom is 0.136 e. The number of aromatic nitrogens is 3. The van der Waals surface area contributed by atoms with Gasteiger partial charge in [-0.1, -0.05) is 0 Å². The molecule has 5 heterocycles. The smallest absolute Gasteiger partial charge is 0.136 e. The van der Waals surface area contributed by atoms with Crippen LogP contribution in [0.15, 0.2) is 11.4 Å². The van der Waals surface area contributed by atoms with Crippen molar-refractivity contribution in [2.45, 2.75) is 37.5 Å². The summed E-state index contributed by atoms with van der Waals surface area (Å²) in [5, 5.41) is 2.21. The van der Waals surface area contributed by atoms with E-state index in [0.717, 1.165) is 58.6 Å². The summed E-state index contributed by atoms with van der Waals surface area (Å²) in [6.45, 7) is 8.14. The Labute approximate surface area is 166 Å². The van der Waals surface area contributed by atoms with E-state index in [2.05, 4.69) is 35.0 Å². The maximum absolute atomic E-state index is 6.17. The number of fused-ring (bicyclic) bond motifs is 5. The number of anilines is 1. The van der Waals surface area contributed by atoms with Crippen molar-refractivity contribution in [3.05, 3.63) is 17.5 Å². The highest BCUT2D eigenvalue weighted by Gasteiger charge is 2.33. The number of hydrogen-bond acceptors (Lipinski definition) is 8. The lowest BCUT2D eigenvalue weighted by molar-refractivity contribution is -0.0396. The van der Waals surface area contributed by atoms with Crippen molar-refractivity contribution >= 4 is 49.3 Å². The summed E-state index contributed by atoms with van der Waals surface area (Å²) < 4.78 is 12.9. The fourth-order valence-electron chi connectivity index (χ4n) is 3.95. The largest absolute Gasteiger partial charge is 0.378 e. The van der Waals surface area contributed by atoms with Crippen LogP contribution in [0.2, 0.25) is 0 Å². The molecule has 0 bridgehead atoms. The average Bonchev–Trinajstić information content (AvgIpc) is 3.06. The normalized spacial score (nSPS) is 19.6. The molecule has 8 heteroatoms. The van der Waals surface area contributed by atoms with Crippen molar-refractivity contribution in [1.29, 1.82) is 0 Å². The number of nitrogens with zero attached hydrogens (tertiary/aromatic N) is 4. The molecule has 0 saturated carbocycles. The van der Waals surface area contributed by atoms with Crippen LogP contribution < -0.4 is 4.90 Å². The van der Waals surface area contributed by atoms with Gasteiger partial charge in [0.05, 0.1) is 35.6 Å². The van der Waals surface area contributed by atoms with Crippen LogP contribution in [-0.4, -0.2) is 53.1 Å². The molecule has 5 rings (SSSR count). The van der Waals surface area contributed by atoms with Gasteiger partial charge >= 0.3 is 0 Å². The van der Waals surface area contributed by atoms with E-state index in [-0.39, 0.29) is 5.60 Å². The minimum absolute atomic E-state index is 0.187. The molecule has 142 valence electrons. The zero-order valence-corrected chi connectivity index (χ0v) is 17.4. The van der Waals surface area contributed by atoms with Gasteiger partial charge in [0.15, 0.2) is 0 Å². The molecule has 6 nitrogen and oxygen atoms in total. The van der Waals surface area contributed by atoms with Gasteiger partial charge in [-0.3, -0.25) is 0 Å². The molecule has 1 fully saturated rings. The third-order valence-corrected chi connectivity index (χ3v) is 7.18. The Kier molecular flexibility index (Phi) is 4.27. The predicted octanol–water partition coefficient (Wildman–Crippen LogP) is 3.65. The summed E-state index contributed by atoms with van der Waals surface area (Å²) in [4.78, 5) is 17.6. The second kappa shape index (κ2) is 6.55. The second-order valence-electron chi connectivity index (χ2n) is 7.56. The van der Waals surface area contributed by atoms with Gasteiger partial charge in [0.1, 0.15) is 22.0 Å². The molecule has 0 amide bonds. The zero-order valence-electron chi connectivity index (χ0n) is 15.7. The Morgan fingerprint density at radius 3 is 2.78 bits per heavy atom. The lowest BCUT2D eigenvalue weighted by atomic mass is 9.90. The standard InChI is InChI=1S/C19H22N4O2S2/c1-19(2)8-11-12(9-25-19)16(23-4-6-24-7-5-23)22-17-13(11)14-15(27-17)18(26-3)21-10-20-14/h10H,4-9H2,1-3H3. The molecule has 3 aromatic rings. The molecule has 0 unspecified atom stereocenters. The van der Waals surface area contributed by atoms with Crippen molar-refractivity contribution in [1.82, 2.24) is 15.0 Å². The monoisotopic (exact) mass is 402 g/mol. The average molecular weight is 403 g/mol. The van der Waals surface area contributed by atoms with E-state index in [9.17, 15) is 0 Å². The van der Waals surface area contributed by atoms with E-state index in [0.29, 0.717) is 6.61 Å². The first kappa shape index (κ1) is 17.6. The van der Waals surface area contributed by atoms with Crippen LogP contribution in [0.1, 0.15) is 25.0 Å². The first-order valence-electron chi connectivity index (χ1n) is 9.17. The third kappa shape index (κ3) is 2.90. The number of hydrogen-bond donors (Lipinski definition) is 0. The van der Waals surface area contributed by atoms with Crippen molar-refractivity contribution in [2.75, 3.05) is 37.5 Å². The Morgan fingerprint density at radius 2 is 2.00 bits per heavy atom. The second-order valence-corrected chi connectivity index (χ2v) is 9.35. The Balaban J connectivity index is 1.81. The molecule has 0 N–H and O–H groups in total. The molecule has 0 aromatic carbocycles. The van der Waals surface area contributed by atoms with Crippen LogP contribution in [0.4, 0.5) is 5.82 Å². The summed E-state index contributed by atoms with van der Waals surface area (Å²) in [7, 11) is 0. The SMILES string of the molecule is CSc1ncnc2c1sc1nc(N3CCOCC3)c3c(c12)CC(C)(C)OC3. The fraction of sp³-hybridized carbons (Fsp3) is 0.526. The van der Waals surface area contributed by atoms with Crippen LogP contribution in [-0.2, 0) is 22.5 Å². The lowest BCUT2D eigenvalue weighted by Gasteiger charge is -2.36. The quantitative estimate of drug-likeness (QED) is 0.479. The van der Waals surface area contributed by atoms with E-state index >= 15 is 0 Å². The summed E-state index contributed by atoms with van der Waals surface area (Å²) >= 11 is 3.37. The van der Waals surface area contributed by atoms with Gasteiger partial charge in [-0.05, 0) is 25.7 Å². The summed E-state index contributed by atoms with van der Waals surface area (Å²) in [5.41, 5.74) is 3.40. The van der Waals surface area contributed by atoms with Crippen molar-refractivity contribution in [3.63, 3.8) is 0 Å². The van der Waals surface area contributed by atoms with E-state index in [4.69, 9.17) is 14.5 Å². The van der Waals surface area contributed by atoms with Gasteiger partial charge in [0.2, 0.25) is 0 Å². The van der Waals surface area contributed by atoms with Gasteiger partial charge in [-0.25, -0.2) is 15.0 Å². The molecule has 0 aliphatic carbocycles. The van der Waals surface area contributed by atoms with Gasteiger partial charge in [0, 0.05) is 30.5 Å². The topological polar surface area (TPSA) is 60.4 Å². The summed E-state index contributed by atoms with van der Waals surface area (Å²) in [6.07, 6.45) is 4.60. The van der Waals surface area contributed by atoms with Gasteiger partial charge in [-0.2, -0.15) is 0 Å². The van der Waals surface area contributed by atoms with Crippen molar-refractivity contribution < 1.29 is 9.47 Å². The molecule has 0 radical (unpaired) electrons. The Bertz CT molecular complexity index is 1030. The van der Waals surface area contributed by atoms with Crippen LogP contribution >= 0.6 is 23.1 Å². The van der Waals surface area contributed by atoms with Gasteiger partial charge < -0.3 is 14.4 Å². The van der Waals surface area contributed by atoms with Gasteiger partial charge in [-0.15, -0.1) is 23.1 Å². The third-order valence-electron chi connectivity index (χ3n) is 5.28. The maximum atomic E-state index is 6.17. The van der Waals surface area contributed by atoms with E-state index in [1.165, 1.54) is 16.5 Å². The Hall–Kier alpha value is -1.48. The number of thioether (sulfide) groups is 1. The minimum atomic E-state index is -0.187. The van der Waals surface area contributed by atoms with E-state index in [1.54, 1.807) is 29.4 Å². The zero-order chi connectivity index (χ0) is 18.6. The lowest BCUT2D eigenvalue weighted by Crippen LogP contribution is -2.39. The number of ether oxygens (including phenoxy) is 2. The predicted molar refractivity (Wildman–Crippen MR) is 110 cm³/mol. The van der Waals surface area contributed by atoms with Crippen LogP contribution in [0.3, 0.4) is 0 Å². The molecule has 2 aliphatic heterocycles. The molecule has 0 spiro atoms. The van der Waals surface area contributed by atoms with Gasteiger partial charge in [0.25, 0.3) is 0 Å². The molecule has 2 aliphatic rings. The van der Waals surface area contributed by atoms with Crippen LogP contribution in [0, 0.1) is 0 Å². The number of pyridine rings is 1. The molecular formula is C19H22N4O2S2. The molecular weight excluding hydrogens is 380 g/mol. The minimum Gasteiger partial charge on any atom is -0.378 e. The highest BCUT2D eigenvalue weighted by molar-refractivity contribution is 7.98. The number of morpholine rings is 1. The summed E-state index contributed by atoms with van der Waals surface area (Å²) in [5.74, 6) is 1.06. The number of rotatable bonds is 2. The molecule has 27 heavy (non-hydrogen) atoms. The van der Waals surface area contributed by atoms with Crippen molar-refractivity contribution in [2.24, 2.45) is 0 Å². The van der Waals surface area contributed by atoms with E-state index in [1.807, 2.05) is 0 Å². The molecule has 1 saturated heterocycles. The van der Waals surface area contributed by atoms with Crippen LogP contribution in [0.25, 0.3) is 20.4 Å². The van der Waals surface area contributed by atoms with E-state index < -0.39 is 0 Å². The molecule has 3 aromatic heterocycles. The highest BCUT2D eigenvalue weighted by atomic mass is 32.2. The first-order valence-corrected chi connectivity index (χ1v) is 11.2. The highest BCUT2D eigenvalue weighted by Crippen LogP contribution is 2.44. The summed E-state index contributed by atoms with van der Waals surface area (Å²) in [6, 6.07) is 0. The Morgan fingerprint density at radius 1 is 1.19 bits per heavy atom. The van der Waals surface area contributed by atoms with Crippen molar-refractivity contribution in [3.8, 4) is 0 Å². The first-order chi connectivity index (χ1) is 13.1. The fourth-order valence-corrected chi connectivity index (χ4v) is 5.80. The number of thiophene rings is 1.